The molecule has 5 heterocycles. The average Bonchev–Trinajstić information content (AvgIpc) is 3.91. The number of carbonyl (C=O) groups excluding carboxylic acids is 4. The highest BCUT2D eigenvalue weighted by Gasteiger charge is 2.24. The largest absolute Gasteiger partial charge is 0.493 e. The zero-order chi connectivity index (χ0) is 44.2. The number of benzene rings is 4. The van der Waals surface area contributed by atoms with Gasteiger partial charge in [-0.05, 0) is 172 Å². The molecule has 5 aliphatic rings. The van der Waals surface area contributed by atoms with Gasteiger partial charge in [0.2, 0.25) is 17.9 Å². The molecule has 3 saturated heterocycles. The number of ether oxygens (including phenoxy) is 3. The third-order valence-electron chi connectivity index (χ3n) is 11.2. The summed E-state index contributed by atoms with van der Waals surface area (Å²) < 4.78 is 16.8. The zero-order valence-electron chi connectivity index (χ0n) is 35.5. The topological polar surface area (TPSA) is 160 Å². The molecule has 0 saturated carbocycles. The van der Waals surface area contributed by atoms with E-state index in [1.807, 2.05) is 35.2 Å². The van der Waals surface area contributed by atoms with E-state index in [9.17, 15) is 19.2 Å². The number of aryl methyl sites for hydroxylation is 2. The average molecular weight is 900 g/mol. The molecule has 0 spiro atoms. The van der Waals surface area contributed by atoms with Crippen molar-refractivity contribution in [1.82, 2.24) is 10.2 Å². The first-order valence-corrected chi connectivity index (χ1v) is 22.5. The number of amides is 4. The number of hydrogen-bond donors (Lipinski definition) is 4. The number of nitrogens with zero attached hydrogens (tertiary/aromatic N) is 2. The first-order valence-electron chi connectivity index (χ1n) is 21.8. The molecule has 15 heteroatoms. The molecule has 4 N–H and O–H groups in total. The van der Waals surface area contributed by atoms with Crippen LogP contribution in [0.4, 0.5) is 27.5 Å². The van der Waals surface area contributed by atoms with Gasteiger partial charge >= 0.3 is 6.03 Å². The van der Waals surface area contributed by atoms with Gasteiger partial charge in [0, 0.05) is 66.3 Å². The van der Waals surface area contributed by atoms with Crippen LogP contribution in [0, 0.1) is 11.8 Å². The maximum Gasteiger partial charge on any atom is 0.321 e. The van der Waals surface area contributed by atoms with Crippen LogP contribution >= 0.6 is 23.2 Å². The number of likely N-dealkylation sites (tertiary alicyclic amines) is 1. The van der Waals surface area contributed by atoms with Crippen molar-refractivity contribution < 1.29 is 33.4 Å². The number of aliphatic imine (C=N–C) groups is 1. The molecule has 4 amide bonds. The Morgan fingerprint density at radius 2 is 1.22 bits per heavy atom. The van der Waals surface area contributed by atoms with Crippen LogP contribution in [0.15, 0.2) is 89.9 Å². The molecule has 334 valence electrons. The van der Waals surface area contributed by atoms with Crippen molar-refractivity contribution >= 4 is 69.9 Å². The molecule has 0 bridgehead atoms. The van der Waals surface area contributed by atoms with E-state index in [0.717, 1.165) is 92.7 Å². The molecule has 3 fully saturated rings. The van der Waals surface area contributed by atoms with Crippen molar-refractivity contribution in [2.75, 3.05) is 68.6 Å². The van der Waals surface area contributed by atoms with Crippen LogP contribution in [0.1, 0.15) is 62.5 Å². The smallest absolute Gasteiger partial charge is 0.321 e. The first-order chi connectivity index (χ1) is 30.7. The van der Waals surface area contributed by atoms with Crippen LogP contribution in [0.2, 0.25) is 10.0 Å². The molecule has 5 aliphatic heterocycles. The van der Waals surface area contributed by atoms with Gasteiger partial charge in [0.05, 0.1) is 18.9 Å². The van der Waals surface area contributed by atoms with Gasteiger partial charge in [0.25, 0.3) is 0 Å². The summed E-state index contributed by atoms with van der Waals surface area (Å²) in [6.45, 7) is 7.06. The number of urea groups is 1. The van der Waals surface area contributed by atoms with E-state index in [4.69, 9.17) is 37.4 Å². The number of piperidine rings is 2. The Morgan fingerprint density at radius 3 is 1.71 bits per heavy atom. The molecular formula is C48H56Cl2N6O7. The summed E-state index contributed by atoms with van der Waals surface area (Å²) >= 11 is 11.4. The van der Waals surface area contributed by atoms with E-state index >= 15 is 0 Å². The Morgan fingerprint density at radius 1 is 0.714 bits per heavy atom. The van der Waals surface area contributed by atoms with E-state index in [1.54, 1.807) is 48.5 Å². The third kappa shape index (κ3) is 16.0. The fraction of sp³-hybridized carbons (Fsp3) is 0.417. The molecule has 0 aromatic heterocycles. The molecule has 0 aliphatic carbocycles. The Hall–Kier alpha value is -5.43. The molecule has 13 nitrogen and oxygen atoms in total. The summed E-state index contributed by atoms with van der Waals surface area (Å²) in [6.07, 6.45) is 10.9. The lowest BCUT2D eigenvalue weighted by Crippen LogP contribution is -2.42. The summed E-state index contributed by atoms with van der Waals surface area (Å²) in [5, 5.41) is 13.3. The number of hydrogen-bond acceptors (Lipinski definition) is 9. The van der Waals surface area contributed by atoms with Gasteiger partial charge in [-0.25, -0.2) is 9.59 Å². The number of isocyanates is 1. The van der Waals surface area contributed by atoms with Crippen molar-refractivity contribution in [3.63, 3.8) is 0 Å². The number of anilines is 3. The molecule has 4 aromatic rings. The number of carbonyl (C=O) groups is 3. The van der Waals surface area contributed by atoms with Gasteiger partial charge in [-0.3, -0.25) is 9.59 Å². The standard InChI is InChI=1S/C22H24ClN3O3.C15H20N2O2.C7H4ClNO.C4H8O/c23-17-2-4-18(5-3-17)24-22(28)26-11-9-15(10-12-26)14-29-19-6-7-20-16(13-19)1-8-21(27)25-20;18-15-4-1-12-9-13(2-3-14(12)17-15)19-10-11-5-7-16-8-6-11;8-6-1-3-7(4-2-6)9-5-10;1-2-4-5-3-1/h2-7,13,15H,1,8-12,14H2,(H,24,28)(H,25,27);2-3,9,11,16H,1,4-8,10H2,(H,17,18);1-4H;1-4H2. The molecule has 0 atom stereocenters. The molecule has 4 aromatic carbocycles. The lowest BCUT2D eigenvalue weighted by Gasteiger charge is -2.32. The van der Waals surface area contributed by atoms with Gasteiger partial charge in [-0.15, -0.1) is 0 Å². The van der Waals surface area contributed by atoms with E-state index in [2.05, 4.69) is 32.3 Å². The van der Waals surface area contributed by atoms with Crippen LogP contribution in [-0.4, -0.2) is 81.4 Å². The second-order valence-corrected chi connectivity index (χ2v) is 16.8. The predicted octanol–water partition coefficient (Wildman–Crippen LogP) is 9.60. The van der Waals surface area contributed by atoms with E-state index in [-0.39, 0.29) is 17.8 Å². The summed E-state index contributed by atoms with van der Waals surface area (Å²) in [5.41, 5.74) is 5.44. The monoisotopic (exact) mass is 898 g/mol. The first kappa shape index (κ1) is 47.1. The quantitative estimate of drug-likeness (QED) is 0.101. The minimum atomic E-state index is -0.0802. The summed E-state index contributed by atoms with van der Waals surface area (Å²) in [6, 6.07) is 25.4. The summed E-state index contributed by atoms with van der Waals surface area (Å²) in [4.78, 5) is 50.1. The number of halogens is 2. The van der Waals surface area contributed by atoms with Gasteiger partial charge in [0.1, 0.15) is 11.5 Å². The Bertz CT molecular complexity index is 2140. The van der Waals surface area contributed by atoms with Crippen LogP contribution < -0.4 is 30.7 Å². The minimum absolute atomic E-state index is 0.0676. The number of rotatable bonds is 8. The maximum atomic E-state index is 12.4. The SMILES string of the molecule is C1CCOC1.O=C1CCc2cc(OCC3CCN(C(=O)Nc4ccc(Cl)cc4)CC3)ccc2N1.O=C1CCc2cc(OCC3CCNCC3)ccc2N1.O=C=Nc1ccc(Cl)cc1. The van der Waals surface area contributed by atoms with Crippen LogP contribution in [0.25, 0.3) is 0 Å². The normalized spacial score (nSPS) is 16.9. The van der Waals surface area contributed by atoms with E-state index in [0.29, 0.717) is 60.1 Å². The van der Waals surface area contributed by atoms with Gasteiger partial charge in [-0.1, -0.05) is 23.2 Å². The zero-order valence-corrected chi connectivity index (χ0v) is 37.0. The maximum absolute atomic E-state index is 12.4. The van der Waals surface area contributed by atoms with Gasteiger partial charge in [0.15, 0.2) is 0 Å². The van der Waals surface area contributed by atoms with Crippen LogP contribution in [-0.2, 0) is 32.0 Å². The lowest BCUT2D eigenvalue weighted by molar-refractivity contribution is -0.117. The Balaban J connectivity index is 0.000000164. The number of nitrogens with one attached hydrogen (secondary N) is 4. The lowest BCUT2D eigenvalue weighted by atomic mass is 9.98. The Kier molecular flexibility index (Phi) is 18.7. The number of fused-ring (bicyclic) bond motifs is 2. The van der Waals surface area contributed by atoms with Crippen molar-refractivity contribution in [2.24, 2.45) is 16.8 Å². The van der Waals surface area contributed by atoms with Crippen LogP contribution in [0.5, 0.6) is 11.5 Å². The van der Waals surface area contributed by atoms with Crippen molar-refractivity contribution in [2.45, 2.75) is 64.2 Å². The summed E-state index contributed by atoms with van der Waals surface area (Å²) in [7, 11) is 0. The van der Waals surface area contributed by atoms with E-state index < -0.39 is 0 Å². The predicted molar refractivity (Wildman–Crippen MR) is 247 cm³/mol. The third-order valence-corrected chi connectivity index (χ3v) is 11.7. The molecule has 0 unspecified atom stereocenters. The molecule has 9 rings (SSSR count). The fourth-order valence-electron chi connectivity index (χ4n) is 7.49. The van der Waals surface area contributed by atoms with Gasteiger partial charge < -0.3 is 40.4 Å². The molecule has 63 heavy (non-hydrogen) atoms. The van der Waals surface area contributed by atoms with Crippen molar-refractivity contribution in [3.05, 3.63) is 106 Å². The van der Waals surface area contributed by atoms with Crippen LogP contribution in [0.3, 0.4) is 0 Å². The highest BCUT2D eigenvalue weighted by atomic mass is 35.5. The van der Waals surface area contributed by atoms with Crippen molar-refractivity contribution in [3.8, 4) is 11.5 Å². The van der Waals surface area contributed by atoms with Crippen molar-refractivity contribution in [1.29, 1.82) is 0 Å². The minimum Gasteiger partial charge on any atom is -0.493 e. The fourth-order valence-corrected chi connectivity index (χ4v) is 7.74. The van der Waals surface area contributed by atoms with E-state index in [1.165, 1.54) is 37.3 Å². The second kappa shape index (κ2) is 25.0. The Labute approximate surface area is 379 Å². The van der Waals surface area contributed by atoms with Gasteiger partial charge in [-0.2, -0.15) is 4.99 Å². The second-order valence-electron chi connectivity index (χ2n) is 15.9. The summed E-state index contributed by atoms with van der Waals surface area (Å²) in [5.74, 6) is 3.02. The highest BCUT2D eigenvalue weighted by Crippen LogP contribution is 2.29. The molecule has 0 radical (unpaired) electrons. The molecular weight excluding hydrogens is 843 g/mol. The highest BCUT2D eigenvalue weighted by molar-refractivity contribution is 6.30.